The Hall–Kier alpha value is -1.12. The van der Waals surface area contributed by atoms with Gasteiger partial charge in [-0.2, -0.15) is 0 Å². The van der Waals surface area contributed by atoms with E-state index in [0.717, 1.165) is 18.9 Å². The molecule has 0 fully saturated rings. The molecule has 18 heavy (non-hydrogen) atoms. The molecule has 2 unspecified atom stereocenters. The zero-order valence-electron chi connectivity index (χ0n) is 11.1. The van der Waals surface area contributed by atoms with E-state index in [1.807, 2.05) is 0 Å². The molecule has 0 saturated carbocycles. The maximum atomic E-state index is 5.84. The fourth-order valence-corrected chi connectivity index (χ4v) is 2.34. The Labute approximate surface area is 110 Å². The van der Waals surface area contributed by atoms with Gasteiger partial charge in [-0.3, -0.25) is 0 Å². The Morgan fingerprint density at radius 1 is 1.11 bits per heavy atom. The average Bonchev–Trinajstić information content (AvgIpc) is 2.42. The summed E-state index contributed by atoms with van der Waals surface area (Å²) in [5.74, 6) is 1.42. The molecule has 0 aliphatic heterocycles. The minimum atomic E-state index is 0.604. The molecule has 2 atom stereocenters. The van der Waals surface area contributed by atoms with Crippen molar-refractivity contribution >= 4 is 0 Å². The molecule has 0 amide bonds. The van der Waals surface area contributed by atoms with E-state index in [1.165, 1.54) is 17.5 Å². The summed E-state index contributed by atoms with van der Waals surface area (Å²) in [4.78, 5) is 0. The van der Waals surface area contributed by atoms with E-state index in [-0.39, 0.29) is 0 Å². The van der Waals surface area contributed by atoms with Gasteiger partial charge in [-0.05, 0) is 35.8 Å². The third kappa shape index (κ3) is 3.69. The normalized spacial score (nSPS) is 23.2. The van der Waals surface area contributed by atoms with Crippen LogP contribution in [0, 0.1) is 11.8 Å². The van der Waals surface area contributed by atoms with E-state index in [1.54, 1.807) is 0 Å². The van der Waals surface area contributed by atoms with E-state index in [9.17, 15) is 0 Å². The van der Waals surface area contributed by atoms with Gasteiger partial charge in [0.15, 0.2) is 0 Å². The minimum absolute atomic E-state index is 0.604. The highest BCUT2D eigenvalue weighted by Crippen LogP contribution is 2.25. The van der Waals surface area contributed by atoms with Gasteiger partial charge in [-0.1, -0.05) is 43.3 Å². The first-order chi connectivity index (χ1) is 8.79. The summed E-state index contributed by atoms with van der Waals surface area (Å²) in [6, 6.07) is 8.36. The van der Waals surface area contributed by atoms with E-state index in [4.69, 9.17) is 10.5 Å². The first kappa shape index (κ1) is 13.3. The van der Waals surface area contributed by atoms with Gasteiger partial charge in [0.05, 0.1) is 13.2 Å². The molecule has 1 aromatic carbocycles. The van der Waals surface area contributed by atoms with Crippen LogP contribution in [0.5, 0.6) is 0 Å². The first-order valence-corrected chi connectivity index (χ1v) is 6.80. The lowest BCUT2D eigenvalue weighted by Crippen LogP contribution is -2.19. The first-order valence-electron chi connectivity index (χ1n) is 6.80. The quantitative estimate of drug-likeness (QED) is 0.808. The summed E-state index contributed by atoms with van der Waals surface area (Å²) < 4.78 is 5.84. The van der Waals surface area contributed by atoms with Crippen LogP contribution in [0.4, 0.5) is 0 Å². The van der Waals surface area contributed by atoms with E-state index in [0.29, 0.717) is 19.1 Å². The van der Waals surface area contributed by atoms with Gasteiger partial charge in [-0.15, -0.1) is 0 Å². The SMILES string of the molecule is CC1CC=CCC1COCc1ccc(CN)cc1. The lowest BCUT2D eigenvalue weighted by molar-refractivity contribution is 0.0680. The highest BCUT2D eigenvalue weighted by molar-refractivity contribution is 5.21. The van der Waals surface area contributed by atoms with Crippen molar-refractivity contribution in [3.63, 3.8) is 0 Å². The molecule has 1 aromatic rings. The molecule has 1 aliphatic carbocycles. The van der Waals surface area contributed by atoms with Crippen molar-refractivity contribution in [3.05, 3.63) is 47.5 Å². The van der Waals surface area contributed by atoms with Gasteiger partial charge in [0.25, 0.3) is 0 Å². The second-order valence-electron chi connectivity index (χ2n) is 5.22. The van der Waals surface area contributed by atoms with Crippen molar-refractivity contribution in [1.29, 1.82) is 0 Å². The summed E-state index contributed by atoms with van der Waals surface area (Å²) in [6.07, 6.45) is 6.92. The molecular weight excluding hydrogens is 222 g/mol. The predicted octanol–water partition coefficient (Wildman–Crippen LogP) is 3.26. The van der Waals surface area contributed by atoms with Crippen molar-refractivity contribution in [3.8, 4) is 0 Å². The zero-order chi connectivity index (χ0) is 12.8. The molecule has 2 rings (SSSR count). The average molecular weight is 245 g/mol. The fraction of sp³-hybridized carbons (Fsp3) is 0.500. The largest absolute Gasteiger partial charge is 0.376 e. The van der Waals surface area contributed by atoms with Crippen molar-refractivity contribution < 1.29 is 4.74 Å². The molecule has 0 heterocycles. The molecule has 0 bridgehead atoms. The third-order valence-corrected chi connectivity index (χ3v) is 3.78. The zero-order valence-corrected chi connectivity index (χ0v) is 11.1. The van der Waals surface area contributed by atoms with Gasteiger partial charge in [0.1, 0.15) is 0 Å². The van der Waals surface area contributed by atoms with Crippen molar-refractivity contribution in [2.24, 2.45) is 17.6 Å². The van der Waals surface area contributed by atoms with Gasteiger partial charge in [-0.25, -0.2) is 0 Å². The topological polar surface area (TPSA) is 35.2 Å². The summed E-state index contributed by atoms with van der Waals surface area (Å²) in [5, 5.41) is 0. The smallest absolute Gasteiger partial charge is 0.0717 e. The van der Waals surface area contributed by atoms with Gasteiger partial charge < -0.3 is 10.5 Å². The minimum Gasteiger partial charge on any atom is -0.376 e. The van der Waals surface area contributed by atoms with E-state index < -0.39 is 0 Å². The van der Waals surface area contributed by atoms with Crippen molar-refractivity contribution in [2.45, 2.75) is 32.9 Å². The fourth-order valence-electron chi connectivity index (χ4n) is 2.34. The lowest BCUT2D eigenvalue weighted by atomic mass is 9.85. The van der Waals surface area contributed by atoms with Gasteiger partial charge in [0.2, 0.25) is 0 Å². The Bertz CT molecular complexity index is 383. The number of nitrogens with two attached hydrogens (primary N) is 1. The lowest BCUT2D eigenvalue weighted by Gasteiger charge is -2.24. The van der Waals surface area contributed by atoms with Crippen molar-refractivity contribution in [2.75, 3.05) is 6.61 Å². The summed E-state index contributed by atoms with van der Waals surface area (Å²) in [7, 11) is 0. The van der Waals surface area contributed by atoms with Crippen LogP contribution >= 0.6 is 0 Å². The van der Waals surface area contributed by atoms with Crippen molar-refractivity contribution in [1.82, 2.24) is 0 Å². The van der Waals surface area contributed by atoms with Crippen LogP contribution in [0.2, 0.25) is 0 Å². The number of benzene rings is 1. The summed E-state index contributed by atoms with van der Waals surface area (Å²) >= 11 is 0. The molecule has 1 aliphatic rings. The van der Waals surface area contributed by atoms with Crippen LogP contribution in [-0.2, 0) is 17.9 Å². The highest BCUT2D eigenvalue weighted by Gasteiger charge is 2.18. The summed E-state index contributed by atoms with van der Waals surface area (Å²) in [6.45, 7) is 4.49. The third-order valence-electron chi connectivity index (χ3n) is 3.78. The van der Waals surface area contributed by atoms with E-state index in [2.05, 4.69) is 43.3 Å². The number of hydrogen-bond acceptors (Lipinski definition) is 2. The van der Waals surface area contributed by atoms with E-state index >= 15 is 0 Å². The van der Waals surface area contributed by atoms with Crippen LogP contribution in [0.1, 0.15) is 30.9 Å². The number of ether oxygens (including phenoxy) is 1. The maximum absolute atomic E-state index is 5.84. The number of hydrogen-bond donors (Lipinski definition) is 1. The molecule has 0 radical (unpaired) electrons. The molecule has 2 heteroatoms. The molecule has 2 nitrogen and oxygen atoms in total. The molecule has 0 spiro atoms. The molecule has 98 valence electrons. The Balaban J connectivity index is 1.75. The van der Waals surface area contributed by atoms with Crippen LogP contribution in [-0.4, -0.2) is 6.61 Å². The monoisotopic (exact) mass is 245 g/mol. The van der Waals surface area contributed by atoms with Gasteiger partial charge in [0, 0.05) is 6.54 Å². The molecule has 2 N–H and O–H groups in total. The Morgan fingerprint density at radius 2 is 1.78 bits per heavy atom. The Kier molecular flexibility index (Phi) is 4.97. The second kappa shape index (κ2) is 6.72. The second-order valence-corrected chi connectivity index (χ2v) is 5.22. The predicted molar refractivity (Wildman–Crippen MR) is 75.0 cm³/mol. The number of allylic oxidation sites excluding steroid dienone is 2. The van der Waals surface area contributed by atoms with Crippen LogP contribution in [0.25, 0.3) is 0 Å². The van der Waals surface area contributed by atoms with Crippen LogP contribution in [0.15, 0.2) is 36.4 Å². The number of rotatable bonds is 5. The highest BCUT2D eigenvalue weighted by atomic mass is 16.5. The van der Waals surface area contributed by atoms with Gasteiger partial charge >= 0.3 is 0 Å². The molecular formula is C16H23NO. The van der Waals surface area contributed by atoms with Crippen LogP contribution < -0.4 is 5.73 Å². The van der Waals surface area contributed by atoms with Crippen LogP contribution in [0.3, 0.4) is 0 Å². The standard InChI is InChI=1S/C16H23NO/c1-13-4-2-3-5-16(13)12-18-11-15-8-6-14(10-17)7-9-15/h2-3,6-9,13,16H,4-5,10-12,17H2,1H3. The summed E-state index contributed by atoms with van der Waals surface area (Å²) in [5.41, 5.74) is 7.97. The maximum Gasteiger partial charge on any atom is 0.0717 e. The molecule has 0 saturated heterocycles. The molecule has 0 aromatic heterocycles. The Morgan fingerprint density at radius 3 is 2.44 bits per heavy atom.